The van der Waals surface area contributed by atoms with Gasteiger partial charge in [-0.15, -0.1) is 0 Å². The Morgan fingerprint density at radius 2 is 1.53 bits per heavy atom. The molecule has 0 saturated carbocycles. The number of anilines is 2. The molecule has 0 radical (unpaired) electrons. The Kier molecular flexibility index (Phi) is 5.05. The smallest absolute Gasteiger partial charge is 0.282 e. The molecule has 1 N–H and O–H groups in total. The molecular formula is C22H12ClF3N2O2. The first-order valence-corrected chi connectivity index (χ1v) is 9.09. The fourth-order valence-corrected chi connectivity index (χ4v) is 3.22. The van der Waals surface area contributed by atoms with Crippen LogP contribution in [0.4, 0.5) is 24.5 Å². The fourth-order valence-electron chi connectivity index (χ4n) is 3.10. The molecule has 1 aliphatic rings. The summed E-state index contributed by atoms with van der Waals surface area (Å²) in [5, 5.41) is 3.13. The lowest BCUT2D eigenvalue weighted by Crippen LogP contribution is -2.32. The lowest BCUT2D eigenvalue weighted by Gasteiger charge is -2.15. The van der Waals surface area contributed by atoms with Gasteiger partial charge in [0.1, 0.15) is 11.5 Å². The van der Waals surface area contributed by atoms with Crippen molar-refractivity contribution in [1.29, 1.82) is 0 Å². The van der Waals surface area contributed by atoms with Gasteiger partial charge in [0.05, 0.1) is 11.3 Å². The Bertz CT molecular complexity index is 1210. The van der Waals surface area contributed by atoms with Crippen LogP contribution >= 0.6 is 11.6 Å². The monoisotopic (exact) mass is 428 g/mol. The highest BCUT2D eigenvalue weighted by Crippen LogP contribution is 2.34. The highest BCUT2D eigenvalue weighted by Gasteiger charge is 2.40. The van der Waals surface area contributed by atoms with Crippen molar-refractivity contribution in [3.63, 3.8) is 0 Å². The first-order valence-electron chi connectivity index (χ1n) is 8.72. The van der Waals surface area contributed by atoms with Crippen LogP contribution in [0.1, 0.15) is 5.56 Å². The van der Waals surface area contributed by atoms with Gasteiger partial charge in [0.15, 0.2) is 11.6 Å². The normalized spacial score (nSPS) is 13.9. The van der Waals surface area contributed by atoms with Gasteiger partial charge in [-0.05, 0) is 48.0 Å². The van der Waals surface area contributed by atoms with Crippen LogP contribution in [0.3, 0.4) is 0 Å². The molecule has 0 aromatic heterocycles. The van der Waals surface area contributed by atoms with Gasteiger partial charge >= 0.3 is 0 Å². The Labute approximate surface area is 174 Å². The minimum absolute atomic E-state index is 0.00865. The molecule has 1 heterocycles. The Hall–Kier alpha value is -3.58. The average molecular weight is 429 g/mol. The standard InChI is InChI=1S/C22H12ClF3N2O2/c23-13-6-4-12(5-7-13)19-20(27-15-8-9-17(25)18(26)11-15)22(30)28(21(19)29)16-3-1-2-14(24)10-16/h1-11,27H. The summed E-state index contributed by atoms with van der Waals surface area (Å²) in [4.78, 5) is 27.1. The average Bonchev–Trinajstić information content (AvgIpc) is 2.95. The molecule has 2 amide bonds. The molecule has 0 spiro atoms. The summed E-state index contributed by atoms with van der Waals surface area (Å²) >= 11 is 5.91. The van der Waals surface area contributed by atoms with Crippen LogP contribution in [0.25, 0.3) is 5.57 Å². The van der Waals surface area contributed by atoms with Crippen molar-refractivity contribution in [1.82, 2.24) is 0 Å². The van der Waals surface area contributed by atoms with E-state index in [-0.39, 0.29) is 22.6 Å². The quantitative estimate of drug-likeness (QED) is 0.584. The molecule has 4 nitrogen and oxygen atoms in total. The van der Waals surface area contributed by atoms with Gasteiger partial charge in [-0.25, -0.2) is 18.1 Å². The Balaban J connectivity index is 1.83. The summed E-state index contributed by atoms with van der Waals surface area (Å²) in [6, 6.07) is 14.2. The lowest BCUT2D eigenvalue weighted by molar-refractivity contribution is -0.120. The van der Waals surface area contributed by atoms with Crippen molar-refractivity contribution in [2.45, 2.75) is 0 Å². The van der Waals surface area contributed by atoms with E-state index in [0.29, 0.717) is 10.6 Å². The van der Waals surface area contributed by atoms with Crippen LogP contribution in [0.2, 0.25) is 5.02 Å². The zero-order valence-electron chi connectivity index (χ0n) is 15.1. The number of hydrogen-bond acceptors (Lipinski definition) is 3. The van der Waals surface area contributed by atoms with Crippen LogP contribution < -0.4 is 10.2 Å². The summed E-state index contributed by atoms with van der Waals surface area (Å²) < 4.78 is 40.6. The number of carbonyl (C=O) groups is 2. The van der Waals surface area contributed by atoms with Crippen LogP contribution in [0, 0.1) is 17.5 Å². The number of nitrogens with zero attached hydrogens (tertiary/aromatic N) is 1. The molecule has 0 unspecified atom stereocenters. The number of imide groups is 1. The number of nitrogens with one attached hydrogen (secondary N) is 1. The van der Waals surface area contributed by atoms with E-state index in [1.807, 2.05) is 0 Å². The number of hydrogen-bond donors (Lipinski definition) is 1. The van der Waals surface area contributed by atoms with Gasteiger partial charge < -0.3 is 5.32 Å². The summed E-state index contributed by atoms with van der Waals surface area (Å²) in [5.74, 6) is -4.25. The third kappa shape index (κ3) is 3.55. The van der Waals surface area contributed by atoms with E-state index in [1.165, 1.54) is 24.3 Å². The van der Waals surface area contributed by atoms with Gasteiger partial charge in [0, 0.05) is 16.8 Å². The summed E-state index contributed by atoms with van der Waals surface area (Å²) in [6.45, 7) is 0. The van der Waals surface area contributed by atoms with E-state index in [4.69, 9.17) is 11.6 Å². The predicted molar refractivity (Wildman–Crippen MR) is 107 cm³/mol. The van der Waals surface area contributed by atoms with Gasteiger partial charge in [-0.2, -0.15) is 0 Å². The second kappa shape index (κ2) is 7.68. The molecule has 150 valence electrons. The molecule has 0 fully saturated rings. The van der Waals surface area contributed by atoms with Crippen molar-refractivity contribution < 1.29 is 22.8 Å². The summed E-state index contributed by atoms with van der Waals surface area (Å²) in [5.41, 5.74) is 0.321. The van der Waals surface area contributed by atoms with Crippen LogP contribution in [0.5, 0.6) is 0 Å². The first kappa shape index (κ1) is 19.7. The van der Waals surface area contributed by atoms with E-state index >= 15 is 0 Å². The SMILES string of the molecule is O=C1C(Nc2ccc(F)c(F)c2)=C(c2ccc(Cl)cc2)C(=O)N1c1cccc(F)c1. The molecule has 4 rings (SSSR count). The van der Waals surface area contributed by atoms with Gasteiger partial charge in [-0.1, -0.05) is 29.8 Å². The molecule has 0 bridgehead atoms. The number of benzene rings is 3. The van der Waals surface area contributed by atoms with E-state index in [2.05, 4.69) is 5.32 Å². The van der Waals surface area contributed by atoms with Gasteiger partial charge in [-0.3, -0.25) is 9.59 Å². The second-order valence-electron chi connectivity index (χ2n) is 6.44. The minimum Gasteiger partial charge on any atom is -0.350 e. The largest absolute Gasteiger partial charge is 0.350 e. The maximum Gasteiger partial charge on any atom is 0.282 e. The maximum atomic E-state index is 13.7. The molecule has 0 saturated heterocycles. The minimum atomic E-state index is -1.12. The number of amides is 2. The molecule has 30 heavy (non-hydrogen) atoms. The van der Waals surface area contributed by atoms with E-state index in [9.17, 15) is 22.8 Å². The van der Waals surface area contributed by atoms with Gasteiger partial charge in [0.25, 0.3) is 11.8 Å². The van der Waals surface area contributed by atoms with E-state index in [0.717, 1.165) is 23.1 Å². The van der Waals surface area contributed by atoms with Crippen molar-refractivity contribution in [3.05, 3.63) is 100 Å². The number of carbonyl (C=O) groups excluding carboxylic acids is 2. The third-order valence-electron chi connectivity index (χ3n) is 4.47. The van der Waals surface area contributed by atoms with Crippen molar-refractivity contribution in [2.75, 3.05) is 10.2 Å². The van der Waals surface area contributed by atoms with Crippen molar-refractivity contribution in [2.24, 2.45) is 0 Å². The highest BCUT2D eigenvalue weighted by atomic mass is 35.5. The summed E-state index contributed by atoms with van der Waals surface area (Å²) in [7, 11) is 0. The molecule has 3 aromatic carbocycles. The molecule has 1 aliphatic heterocycles. The Morgan fingerprint density at radius 1 is 0.800 bits per heavy atom. The molecular weight excluding hydrogens is 417 g/mol. The van der Waals surface area contributed by atoms with Crippen LogP contribution in [0.15, 0.2) is 72.4 Å². The summed E-state index contributed by atoms with van der Waals surface area (Å²) in [6.07, 6.45) is 0. The lowest BCUT2D eigenvalue weighted by atomic mass is 10.0. The first-order chi connectivity index (χ1) is 14.3. The fraction of sp³-hybridized carbons (Fsp3) is 0. The molecule has 3 aromatic rings. The third-order valence-corrected chi connectivity index (χ3v) is 4.72. The second-order valence-corrected chi connectivity index (χ2v) is 6.87. The zero-order valence-corrected chi connectivity index (χ0v) is 15.9. The Morgan fingerprint density at radius 3 is 2.20 bits per heavy atom. The predicted octanol–water partition coefficient (Wildman–Crippen LogP) is 5.15. The topological polar surface area (TPSA) is 49.4 Å². The van der Waals surface area contributed by atoms with E-state index in [1.54, 1.807) is 24.3 Å². The van der Waals surface area contributed by atoms with Crippen molar-refractivity contribution in [3.8, 4) is 0 Å². The van der Waals surface area contributed by atoms with E-state index < -0.39 is 29.3 Å². The van der Waals surface area contributed by atoms with Crippen molar-refractivity contribution >= 4 is 40.4 Å². The molecule has 8 heteroatoms. The van der Waals surface area contributed by atoms with Gasteiger partial charge in [0.2, 0.25) is 0 Å². The highest BCUT2D eigenvalue weighted by molar-refractivity contribution is 6.46. The maximum absolute atomic E-state index is 13.7. The van der Waals surface area contributed by atoms with Crippen LogP contribution in [-0.2, 0) is 9.59 Å². The zero-order chi connectivity index (χ0) is 21.4. The van der Waals surface area contributed by atoms with Crippen LogP contribution in [-0.4, -0.2) is 11.8 Å². The number of rotatable bonds is 4. The molecule has 0 atom stereocenters. The number of halogens is 4. The molecule has 0 aliphatic carbocycles.